The van der Waals surface area contributed by atoms with Crippen LogP contribution in [0.15, 0.2) is 12.2 Å². The molecule has 0 aromatic rings. The lowest BCUT2D eigenvalue weighted by atomic mass is 9.74. The van der Waals surface area contributed by atoms with Crippen molar-refractivity contribution in [2.75, 3.05) is 6.54 Å². The second-order valence-electron chi connectivity index (χ2n) is 5.08. The van der Waals surface area contributed by atoms with E-state index in [1.54, 1.807) is 0 Å². The normalized spacial score (nSPS) is 33.8. The lowest BCUT2D eigenvalue weighted by Crippen LogP contribution is -2.28. The maximum absolute atomic E-state index is 5.85. The van der Waals surface area contributed by atoms with Crippen molar-refractivity contribution in [3.8, 4) is 0 Å². The molecule has 1 nitrogen and oxygen atoms in total. The molecule has 0 radical (unpaired) electrons. The predicted molar refractivity (Wildman–Crippen MR) is 61.0 cm³/mol. The molecule has 0 aromatic carbocycles. The van der Waals surface area contributed by atoms with Crippen LogP contribution >= 0.6 is 0 Å². The first-order chi connectivity index (χ1) is 6.90. The van der Waals surface area contributed by atoms with E-state index in [1.807, 2.05) is 0 Å². The summed E-state index contributed by atoms with van der Waals surface area (Å²) in [6, 6.07) is 0. The van der Waals surface area contributed by atoms with Gasteiger partial charge in [-0.3, -0.25) is 0 Å². The molecule has 0 spiro atoms. The molecule has 2 atom stereocenters. The fraction of sp³-hybridized carbons (Fsp3) is 0.846. The van der Waals surface area contributed by atoms with Crippen molar-refractivity contribution < 1.29 is 0 Å². The summed E-state index contributed by atoms with van der Waals surface area (Å²) in [5.74, 6) is 2.73. The van der Waals surface area contributed by atoms with Gasteiger partial charge in [-0.1, -0.05) is 31.4 Å². The van der Waals surface area contributed by atoms with Crippen molar-refractivity contribution in [3.63, 3.8) is 0 Å². The molecule has 14 heavy (non-hydrogen) atoms. The van der Waals surface area contributed by atoms with Crippen molar-refractivity contribution in [2.24, 2.45) is 23.5 Å². The number of nitrogens with two attached hydrogens (primary N) is 1. The van der Waals surface area contributed by atoms with E-state index in [-0.39, 0.29) is 0 Å². The lowest BCUT2D eigenvalue weighted by Gasteiger charge is -2.32. The smallest absolute Gasteiger partial charge is 0.00462 e. The van der Waals surface area contributed by atoms with Gasteiger partial charge in [0.2, 0.25) is 0 Å². The van der Waals surface area contributed by atoms with Crippen molar-refractivity contribution in [3.05, 3.63) is 12.2 Å². The molecule has 0 bridgehead atoms. The van der Waals surface area contributed by atoms with Crippen LogP contribution in [0.5, 0.6) is 0 Å². The lowest BCUT2D eigenvalue weighted by molar-refractivity contribution is 0.203. The third kappa shape index (κ3) is 2.38. The maximum atomic E-state index is 5.85. The molecule has 0 heterocycles. The van der Waals surface area contributed by atoms with Crippen molar-refractivity contribution in [1.29, 1.82) is 0 Å². The van der Waals surface area contributed by atoms with Crippen LogP contribution in [0.4, 0.5) is 0 Å². The molecular weight excluding hydrogens is 170 g/mol. The third-order valence-electron chi connectivity index (χ3n) is 4.11. The van der Waals surface area contributed by atoms with Crippen molar-refractivity contribution >= 4 is 0 Å². The van der Waals surface area contributed by atoms with Gasteiger partial charge in [0.15, 0.2) is 0 Å². The van der Waals surface area contributed by atoms with Crippen molar-refractivity contribution in [1.82, 2.24) is 0 Å². The fourth-order valence-corrected chi connectivity index (χ4v) is 3.20. The summed E-state index contributed by atoms with van der Waals surface area (Å²) in [4.78, 5) is 0. The van der Waals surface area contributed by atoms with Crippen LogP contribution in [0.3, 0.4) is 0 Å². The summed E-state index contributed by atoms with van der Waals surface area (Å²) < 4.78 is 0. The molecule has 80 valence electrons. The quantitative estimate of drug-likeness (QED) is 0.685. The first-order valence-electron chi connectivity index (χ1n) is 6.25. The largest absolute Gasteiger partial charge is 0.330 e. The molecule has 0 aromatic heterocycles. The molecule has 0 saturated heterocycles. The summed E-state index contributed by atoms with van der Waals surface area (Å²) >= 11 is 0. The SMILES string of the molecule is NCC1CCCCC1CC1CC=CC1. The Hall–Kier alpha value is -0.300. The van der Waals surface area contributed by atoms with E-state index in [2.05, 4.69) is 12.2 Å². The molecule has 2 rings (SSSR count). The highest BCUT2D eigenvalue weighted by Gasteiger charge is 2.26. The van der Waals surface area contributed by atoms with Gasteiger partial charge in [-0.2, -0.15) is 0 Å². The van der Waals surface area contributed by atoms with E-state index in [4.69, 9.17) is 5.73 Å². The number of hydrogen-bond acceptors (Lipinski definition) is 1. The standard InChI is InChI=1S/C13H23N/c14-10-13-8-4-3-7-12(13)9-11-5-1-2-6-11/h1-2,11-13H,3-10,14H2. The van der Waals surface area contributed by atoms with E-state index in [9.17, 15) is 0 Å². The summed E-state index contributed by atoms with van der Waals surface area (Å²) in [7, 11) is 0. The number of hydrogen-bond donors (Lipinski definition) is 1. The minimum absolute atomic E-state index is 0.837. The van der Waals surface area contributed by atoms with Gasteiger partial charge in [-0.25, -0.2) is 0 Å². The Labute approximate surface area is 87.8 Å². The van der Waals surface area contributed by atoms with Crippen LogP contribution < -0.4 is 5.73 Å². The minimum atomic E-state index is 0.837. The molecule has 2 unspecified atom stereocenters. The van der Waals surface area contributed by atoms with Gasteiger partial charge in [-0.15, -0.1) is 0 Å². The van der Waals surface area contributed by atoms with Crippen LogP contribution in [0.2, 0.25) is 0 Å². The van der Waals surface area contributed by atoms with E-state index < -0.39 is 0 Å². The highest BCUT2D eigenvalue weighted by atomic mass is 14.6. The summed E-state index contributed by atoms with van der Waals surface area (Å²) in [5, 5.41) is 0. The number of allylic oxidation sites excluding steroid dienone is 2. The maximum Gasteiger partial charge on any atom is -0.00462 e. The molecule has 1 fully saturated rings. The van der Waals surface area contributed by atoms with Gasteiger partial charge >= 0.3 is 0 Å². The molecular formula is C13H23N. The molecule has 1 saturated carbocycles. The van der Waals surface area contributed by atoms with E-state index in [0.29, 0.717) is 0 Å². The Balaban J connectivity index is 1.81. The van der Waals surface area contributed by atoms with Gasteiger partial charge in [0.1, 0.15) is 0 Å². The molecule has 2 aliphatic carbocycles. The van der Waals surface area contributed by atoms with Crippen molar-refractivity contribution in [2.45, 2.75) is 44.9 Å². The molecule has 2 aliphatic rings. The first kappa shape index (κ1) is 10.2. The Morgan fingerprint density at radius 3 is 2.29 bits per heavy atom. The summed E-state index contributed by atoms with van der Waals surface area (Å²) in [5.41, 5.74) is 5.85. The van der Waals surface area contributed by atoms with Gasteiger partial charge in [0, 0.05) is 0 Å². The highest BCUT2D eigenvalue weighted by molar-refractivity contribution is 4.95. The van der Waals surface area contributed by atoms with E-state index in [1.165, 1.54) is 44.9 Å². The Bertz CT molecular complexity index is 189. The zero-order valence-electron chi connectivity index (χ0n) is 9.12. The zero-order valence-corrected chi connectivity index (χ0v) is 9.12. The Morgan fingerprint density at radius 2 is 1.64 bits per heavy atom. The molecule has 2 N–H and O–H groups in total. The Morgan fingerprint density at radius 1 is 1.00 bits per heavy atom. The summed E-state index contributed by atoms with van der Waals surface area (Å²) in [6.45, 7) is 0.921. The van der Waals surface area contributed by atoms with Gasteiger partial charge in [0.25, 0.3) is 0 Å². The zero-order chi connectivity index (χ0) is 9.80. The minimum Gasteiger partial charge on any atom is -0.330 e. The van der Waals surface area contributed by atoms with Crippen LogP contribution in [-0.4, -0.2) is 6.54 Å². The molecule has 0 amide bonds. The predicted octanol–water partition coefficient (Wildman–Crippen LogP) is 3.11. The Kier molecular flexibility index (Phi) is 3.63. The topological polar surface area (TPSA) is 26.0 Å². The average molecular weight is 193 g/mol. The van der Waals surface area contributed by atoms with Crippen LogP contribution in [-0.2, 0) is 0 Å². The second-order valence-corrected chi connectivity index (χ2v) is 5.08. The van der Waals surface area contributed by atoms with Gasteiger partial charge < -0.3 is 5.73 Å². The number of rotatable bonds is 3. The van der Waals surface area contributed by atoms with Gasteiger partial charge in [0.05, 0.1) is 0 Å². The van der Waals surface area contributed by atoms with E-state index >= 15 is 0 Å². The fourth-order valence-electron chi connectivity index (χ4n) is 3.20. The van der Waals surface area contributed by atoms with Crippen LogP contribution in [0, 0.1) is 17.8 Å². The van der Waals surface area contributed by atoms with Crippen LogP contribution in [0.25, 0.3) is 0 Å². The first-order valence-corrected chi connectivity index (χ1v) is 6.25. The van der Waals surface area contributed by atoms with Gasteiger partial charge in [-0.05, 0) is 50.0 Å². The third-order valence-corrected chi connectivity index (χ3v) is 4.11. The molecule has 1 heteroatoms. The second kappa shape index (κ2) is 4.97. The summed E-state index contributed by atoms with van der Waals surface area (Å²) in [6.07, 6.45) is 14.5. The highest BCUT2D eigenvalue weighted by Crippen LogP contribution is 2.36. The average Bonchev–Trinajstić information content (AvgIpc) is 2.71. The van der Waals surface area contributed by atoms with Crippen LogP contribution in [0.1, 0.15) is 44.9 Å². The molecule has 0 aliphatic heterocycles. The monoisotopic (exact) mass is 193 g/mol. The van der Waals surface area contributed by atoms with E-state index in [0.717, 1.165) is 24.3 Å².